The largest absolute Gasteiger partial charge is 0.329 e. The minimum Gasteiger partial charge on any atom is -0.324 e. The number of nitrogens with two attached hydrogens (primary N) is 1. The van der Waals surface area contributed by atoms with Gasteiger partial charge in [0, 0.05) is 17.0 Å². The van der Waals surface area contributed by atoms with E-state index in [0.29, 0.717) is 10.2 Å². The molecular formula is C13H17N3O2S. The monoisotopic (exact) mass is 279 g/mol. The van der Waals surface area contributed by atoms with Gasteiger partial charge in [0.15, 0.2) is 0 Å². The van der Waals surface area contributed by atoms with Crippen molar-refractivity contribution >= 4 is 21.6 Å². The van der Waals surface area contributed by atoms with Crippen molar-refractivity contribution in [2.24, 2.45) is 5.73 Å². The lowest BCUT2D eigenvalue weighted by atomic mass is 10.1. The maximum absolute atomic E-state index is 12.5. The molecule has 2 heterocycles. The number of hydrogen-bond donors (Lipinski definition) is 2. The molecule has 2 aromatic rings. The topological polar surface area (TPSA) is 80.9 Å². The maximum atomic E-state index is 12.5. The normalized spacial score (nSPS) is 15.1. The number of nitrogens with zero attached hydrogens (tertiary/aromatic N) is 1. The van der Waals surface area contributed by atoms with Crippen LogP contribution in [-0.4, -0.2) is 15.1 Å². The molecule has 0 amide bonds. The van der Waals surface area contributed by atoms with E-state index in [1.165, 1.54) is 9.44 Å². The Kier molecular flexibility index (Phi) is 2.69. The lowest BCUT2D eigenvalue weighted by Crippen LogP contribution is -2.46. The maximum Gasteiger partial charge on any atom is 0.329 e. The molecule has 0 aliphatic heterocycles. The summed E-state index contributed by atoms with van der Waals surface area (Å²) in [6, 6.07) is 0. The average molecular weight is 279 g/mol. The molecule has 2 aromatic heterocycles. The molecule has 0 radical (unpaired) electrons. The van der Waals surface area contributed by atoms with E-state index in [9.17, 15) is 9.59 Å². The molecule has 3 rings (SSSR count). The van der Waals surface area contributed by atoms with Gasteiger partial charge in [-0.05, 0) is 38.7 Å². The van der Waals surface area contributed by atoms with Crippen LogP contribution < -0.4 is 17.0 Å². The van der Waals surface area contributed by atoms with Gasteiger partial charge in [-0.1, -0.05) is 0 Å². The number of aromatic nitrogens is 2. The van der Waals surface area contributed by atoms with Crippen LogP contribution in [0.4, 0.5) is 0 Å². The molecule has 3 N–H and O–H groups in total. The number of fused-ring (bicyclic) bond motifs is 3. The quantitative estimate of drug-likeness (QED) is 0.859. The van der Waals surface area contributed by atoms with Crippen LogP contribution in [0, 0.1) is 0 Å². The molecule has 0 fully saturated rings. The third-order valence-corrected chi connectivity index (χ3v) is 4.62. The summed E-state index contributed by atoms with van der Waals surface area (Å²) in [5.74, 6) is 0. The van der Waals surface area contributed by atoms with Crippen molar-refractivity contribution in [3.05, 3.63) is 31.3 Å². The van der Waals surface area contributed by atoms with Crippen molar-refractivity contribution in [2.45, 2.75) is 45.2 Å². The van der Waals surface area contributed by atoms with E-state index in [0.717, 1.165) is 24.8 Å². The van der Waals surface area contributed by atoms with Crippen LogP contribution in [0.15, 0.2) is 9.59 Å². The summed E-state index contributed by atoms with van der Waals surface area (Å²) in [5.41, 5.74) is 5.90. The van der Waals surface area contributed by atoms with Crippen LogP contribution in [0.5, 0.6) is 0 Å². The summed E-state index contributed by atoms with van der Waals surface area (Å²) < 4.78 is 1.23. The summed E-state index contributed by atoms with van der Waals surface area (Å²) in [6.45, 7) is 3.84. The number of H-pyrrole nitrogens is 1. The fourth-order valence-corrected chi connectivity index (χ4v) is 3.93. The Bertz CT molecular complexity index is 761. The third-order valence-electron chi connectivity index (χ3n) is 3.41. The van der Waals surface area contributed by atoms with Crippen molar-refractivity contribution in [1.29, 1.82) is 0 Å². The van der Waals surface area contributed by atoms with Crippen molar-refractivity contribution in [3.8, 4) is 0 Å². The van der Waals surface area contributed by atoms with Gasteiger partial charge in [-0.3, -0.25) is 14.3 Å². The molecule has 1 aliphatic rings. The standard InChI is InChI=1S/C13H17N3O2S/c1-13(2,14)6-16-11(17)9-7-4-3-5-8(7)19-10(9)15-12(16)18/h3-6,14H2,1-2H3,(H,15,18). The number of thiophene rings is 1. The van der Waals surface area contributed by atoms with E-state index in [4.69, 9.17) is 5.73 Å². The van der Waals surface area contributed by atoms with E-state index in [-0.39, 0.29) is 17.8 Å². The number of nitrogens with one attached hydrogen (secondary N) is 1. The summed E-state index contributed by atoms with van der Waals surface area (Å²) in [7, 11) is 0. The summed E-state index contributed by atoms with van der Waals surface area (Å²) in [4.78, 5) is 29.3. The Morgan fingerprint density at radius 2 is 2.11 bits per heavy atom. The van der Waals surface area contributed by atoms with Gasteiger partial charge in [-0.2, -0.15) is 0 Å². The highest BCUT2D eigenvalue weighted by molar-refractivity contribution is 7.18. The zero-order valence-corrected chi connectivity index (χ0v) is 11.9. The Morgan fingerprint density at radius 1 is 1.37 bits per heavy atom. The summed E-state index contributed by atoms with van der Waals surface area (Å²) in [5, 5.41) is 0.696. The van der Waals surface area contributed by atoms with E-state index in [1.807, 2.05) is 0 Å². The fourth-order valence-electron chi connectivity index (χ4n) is 2.66. The first-order valence-electron chi connectivity index (χ1n) is 6.43. The lowest BCUT2D eigenvalue weighted by molar-refractivity contribution is 0.417. The second-order valence-electron chi connectivity index (χ2n) is 5.87. The van der Waals surface area contributed by atoms with Crippen molar-refractivity contribution < 1.29 is 0 Å². The van der Waals surface area contributed by atoms with E-state index >= 15 is 0 Å². The Balaban J connectivity index is 2.30. The van der Waals surface area contributed by atoms with Gasteiger partial charge < -0.3 is 5.73 Å². The average Bonchev–Trinajstić information content (AvgIpc) is 2.82. The van der Waals surface area contributed by atoms with E-state index in [1.54, 1.807) is 25.2 Å². The molecule has 0 aromatic carbocycles. The van der Waals surface area contributed by atoms with Gasteiger partial charge >= 0.3 is 5.69 Å². The molecule has 5 nitrogen and oxygen atoms in total. The van der Waals surface area contributed by atoms with Crippen LogP contribution in [0.25, 0.3) is 10.2 Å². The second-order valence-corrected chi connectivity index (χ2v) is 6.98. The predicted octanol–water partition coefficient (Wildman–Crippen LogP) is 0.977. The van der Waals surface area contributed by atoms with Gasteiger partial charge in [0.1, 0.15) is 4.83 Å². The SMILES string of the molecule is CC(C)(N)Cn1c(=O)[nH]c2sc3c(c2c1=O)CCC3. The highest BCUT2D eigenvalue weighted by Gasteiger charge is 2.23. The molecule has 6 heteroatoms. The Labute approximate surface area is 114 Å². The smallest absolute Gasteiger partial charge is 0.324 e. The van der Waals surface area contributed by atoms with Gasteiger partial charge in [0.05, 0.1) is 5.39 Å². The highest BCUT2D eigenvalue weighted by atomic mass is 32.1. The molecule has 0 bridgehead atoms. The summed E-state index contributed by atoms with van der Waals surface area (Å²) >= 11 is 1.54. The number of rotatable bonds is 2. The second kappa shape index (κ2) is 4.05. The molecule has 0 atom stereocenters. The number of aryl methyl sites for hydroxylation is 2. The van der Waals surface area contributed by atoms with Crippen molar-refractivity contribution in [3.63, 3.8) is 0 Å². The number of hydrogen-bond acceptors (Lipinski definition) is 4. The highest BCUT2D eigenvalue weighted by Crippen LogP contribution is 2.33. The fraction of sp³-hybridized carbons (Fsp3) is 0.538. The lowest BCUT2D eigenvalue weighted by Gasteiger charge is -2.19. The molecule has 1 aliphatic carbocycles. The minimum atomic E-state index is -0.594. The molecule has 0 saturated heterocycles. The zero-order chi connectivity index (χ0) is 13.8. The van der Waals surface area contributed by atoms with Crippen LogP contribution in [0.2, 0.25) is 0 Å². The van der Waals surface area contributed by atoms with Crippen molar-refractivity contribution in [2.75, 3.05) is 0 Å². The first-order valence-corrected chi connectivity index (χ1v) is 7.25. The van der Waals surface area contributed by atoms with Gasteiger partial charge in [-0.25, -0.2) is 4.79 Å². The molecule has 102 valence electrons. The first kappa shape index (κ1) is 12.6. The van der Waals surface area contributed by atoms with Gasteiger partial charge in [-0.15, -0.1) is 11.3 Å². The molecule has 0 saturated carbocycles. The van der Waals surface area contributed by atoms with Gasteiger partial charge in [0.2, 0.25) is 0 Å². The minimum absolute atomic E-state index is 0.198. The molecular weight excluding hydrogens is 262 g/mol. The van der Waals surface area contributed by atoms with E-state index in [2.05, 4.69) is 4.98 Å². The summed E-state index contributed by atoms with van der Waals surface area (Å²) in [6.07, 6.45) is 3.04. The molecule has 19 heavy (non-hydrogen) atoms. The van der Waals surface area contributed by atoms with Crippen LogP contribution >= 0.6 is 11.3 Å². The Hall–Kier alpha value is -1.40. The number of aromatic amines is 1. The van der Waals surface area contributed by atoms with E-state index < -0.39 is 5.54 Å². The van der Waals surface area contributed by atoms with Crippen LogP contribution in [0.1, 0.15) is 30.7 Å². The third kappa shape index (κ3) is 2.04. The van der Waals surface area contributed by atoms with Crippen LogP contribution in [0.3, 0.4) is 0 Å². The van der Waals surface area contributed by atoms with Crippen LogP contribution in [-0.2, 0) is 19.4 Å². The predicted molar refractivity (Wildman–Crippen MR) is 77.0 cm³/mol. The Morgan fingerprint density at radius 3 is 2.79 bits per heavy atom. The zero-order valence-electron chi connectivity index (χ0n) is 11.1. The first-order chi connectivity index (χ1) is 8.87. The molecule has 0 unspecified atom stereocenters. The molecule has 0 spiro atoms. The van der Waals surface area contributed by atoms with Crippen molar-refractivity contribution in [1.82, 2.24) is 9.55 Å². The van der Waals surface area contributed by atoms with Gasteiger partial charge in [0.25, 0.3) is 5.56 Å².